The van der Waals surface area contributed by atoms with Gasteiger partial charge in [0.15, 0.2) is 16.7 Å². The molecule has 2 aromatic carbocycles. The van der Waals surface area contributed by atoms with Gasteiger partial charge in [-0.05, 0) is 56.3 Å². The molecular formula is C28H29N5O4S. The van der Waals surface area contributed by atoms with Gasteiger partial charge in [0.1, 0.15) is 5.75 Å². The number of hydrogen-bond donors (Lipinski definition) is 0. The SMILES string of the molecule is CCOc1ccc(-n2c(SCC(=O)N3CCN(C(=O)c4ccco4)CC3)nnc2-c2cccc(C)c2)cc1. The summed E-state index contributed by atoms with van der Waals surface area (Å²) in [5.74, 6) is 1.88. The lowest BCUT2D eigenvalue weighted by atomic mass is 10.1. The number of piperazine rings is 1. The van der Waals surface area contributed by atoms with Gasteiger partial charge in [0, 0.05) is 37.4 Å². The minimum atomic E-state index is -0.149. The van der Waals surface area contributed by atoms with E-state index in [9.17, 15) is 9.59 Å². The van der Waals surface area contributed by atoms with Gasteiger partial charge in [-0.25, -0.2) is 0 Å². The summed E-state index contributed by atoms with van der Waals surface area (Å²) in [5.41, 5.74) is 2.95. The molecule has 2 aromatic heterocycles. The Labute approximate surface area is 225 Å². The number of benzene rings is 2. The van der Waals surface area contributed by atoms with E-state index in [-0.39, 0.29) is 17.6 Å². The molecule has 0 radical (unpaired) electrons. The van der Waals surface area contributed by atoms with Crippen LogP contribution < -0.4 is 4.74 Å². The molecule has 3 heterocycles. The van der Waals surface area contributed by atoms with Crippen molar-refractivity contribution in [3.8, 4) is 22.8 Å². The fourth-order valence-electron chi connectivity index (χ4n) is 4.36. The standard InChI is InChI=1S/C28H29N5O4S/c1-3-36-23-11-9-22(10-12-23)33-26(21-7-4-6-20(2)18-21)29-30-28(33)38-19-25(34)31-13-15-32(16-14-31)27(35)24-8-5-17-37-24/h4-12,17-18H,3,13-16,19H2,1-2H3. The summed E-state index contributed by atoms with van der Waals surface area (Å²) >= 11 is 1.35. The number of carbonyl (C=O) groups is 2. The van der Waals surface area contributed by atoms with Crippen molar-refractivity contribution in [1.82, 2.24) is 24.6 Å². The Morgan fingerprint density at radius 3 is 2.42 bits per heavy atom. The first-order chi connectivity index (χ1) is 18.5. The average molecular weight is 532 g/mol. The smallest absolute Gasteiger partial charge is 0.289 e. The fourth-order valence-corrected chi connectivity index (χ4v) is 5.21. The number of furan rings is 1. The van der Waals surface area contributed by atoms with Gasteiger partial charge in [-0.15, -0.1) is 10.2 Å². The molecule has 9 nitrogen and oxygen atoms in total. The van der Waals surface area contributed by atoms with Crippen LogP contribution in [0.2, 0.25) is 0 Å². The zero-order valence-electron chi connectivity index (χ0n) is 21.4. The van der Waals surface area contributed by atoms with Gasteiger partial charge >= 0.3 is 0 Å². The Balaban J connectivity index is 1.30. The van der Waals surface area contributed by atoms with Crippen LogP contribution in [0.3, 0.4) is 0 Å². The van der Waals surface area contributed by atoms with E-state index < -0.39 is 0 Å². The molecule has 0 unspecified atom stereocenters. The van der Waals surface area contributed by atoms with Crippen LogP contribution in [0, 0.1) is 6.92 Å². The Hall–Kier alpha value is -4.05. The number of nitrogens with zero attached hydrogens (tertiary/aromatic N) is 5. The second-order valence-corrected chi connectivity index (χ2v) is 9.82. The van der Waals surface area contributed by atoms with Gasteiger partial charge < -0.3 is 19.0 Å². The van der Waals surface area contributed by atoms with Gasteiger partial charge in [0.25, 0.3) is 5.91 Å². The summed E-state index contributed by atoms with van der Waals surface area (Å²) in [6.45, 7) is 6.47. The largest absolute Gasteiger partial charge is 0.494 e. The minimum Gasteiger partial charge on any atom is -0.494 e. The molecule has 1 fully saturated rings. The van der Waals surface area contributed by atoms with Gasteiger partial charge in [-0.1, -0.05) is 35.5 Å². The van der Waals surface area contributed by atoms with Crippen molar-refractivity contribution < 1.29 is 18.7 Å². The molecule has 0 bridgehead atoms. The number of aromatic nitrogens is 3. The Bertz CT molecular complexity index is 1390. The quantitative estimate of drug-likeness (QED) is 0.313. The van der Waals surface area contributed by atoms with E-state index in [2.05, 4.69) is 16.3 Å². The number of amides is 2. The van der Waals surface area contributed by atoms with E-state index in [1.807, 2.05) is 60.9 Å². The number of carbonyl (C=O) groups excluding carboxylic acids is 2. The first-order valence-corrected chi connectivity index (χ1v) is 13.5. The second-order valence-electron chi connectivity index (χ2n) is 8.88. The normalized spacial score (nSPS) is 13.5. The van der Waals surface area contributed by atoms with E-state index in [1.165, 1.54) is 18.0 Å². The molecule has 1 saturated heterocycles. The van der Waals surface area contributed by atoms with Crippen LogP contribution in [0.1, 0.15) is 23.0 Å². The summed E-state index contributed by atoms with van der Waals surface area (Å²) in [5, 5.41) is 9.57. The Morgan fingerprint density at radius 2 is 1.74 bits per heavy atom. The predicted octanol–water partition coefficient (Wildman–Crippen LogP) is 4.31. The van der Waals surface area contributed by atoms with E-state index >= 15 is 0 Å². The monoisotopic (exact) mass is 531 g/mol. The van der Waals surface area contributed by atoms with Crippen molar-refractivity contribution in [2.45, 2.75) is 19.0 Å². The third-order valence-corrected chi connectivity index (χ3v) is 7.21. The molecule has 10 heteroatoms. The van der Waals surface area contributed by atoms with Crippen LogP contribution in [-0.4, -0.2) is 74.9 Å². The Morgan fingerprint density at radius 1 is 0.974 bits per heavy atom. The van der Waals surface area contributed by atoms with Crippen molar-refractivity contribution in [2.24, 2.45) is 0 Å². The highest BCUT2D eigenvalue weighted by molar-refractivity contribution is 7.99. The van der Waals surface area contributed by atoms with Gasteiger partial charge in [0.05, 0.1) is 18.6 Å². The van der Waals surface area contributed by atoms with Crippen LogP contribution in [0.25, 0.3) is 17.1 Å². The third kappa shape index (κ3) is 5.60. The molecule has 0 aliphatic carbocycles. The van der Waals surface area contributed by atoms with E-state index in [0.717, 1.165) is 22.6 Å². The average Bonchev–Trinajstić information content (AvgIpc) is 3.63. The maximum atomic E-state index is 13.1. The maximum absolute atomic E-state index is 13.1. The molecule has 0 saturated carbocycles. The van der Waals surface area contributed by atoms with Crippen LogP contribution >= 0.6 is 11.8 Å². The third-order valence-electron chi connectivity index (χ3n) is 6.29. The molecule has 0 atom stereocenters. The molecule has 0 spiro atoms. The maximum Gasteiger partial charge on any atom is 0.289 e. The fraction of sp³-hybridized carbons (Fsp3) is 0.286. The van der Waals surface area contributed by atoms with Gasteiger partial charge in [-0.2, -0.15) is 0 Å². The zero-order valence-corrected chi connectivity index (χ0v) is 22.2. The number of thioether (sulfide) groups is 1. The van der Waals surface area contributed by atoms with Gasteiger partial charge in [0.2, 0.25) is 5.91 Å². The van der Waals surface area contributed by atoms with E-state index in [4.69, 9.17) is 9.15 Å². The van der Waals surface area contributed by atoms with Crippen molar-refractivity contribution in [3.05, 3.63) is 78.3 Å². The number of aryl methyl sites for hydroxylation is 1. The summed E-state index contributed by atoms with van der Waals surface area (Å²) in [4.78, 5) is 29.1. The molecule has 2 amide bonds. The van der Waals surface area contributed by atoms with Crippen molar-refractivity contribution in [1.29, 1.82) is 0 Å². The molecule has 0 N–H and O–H groups in total. The lowest BCUT2D eigenvalue weighted by Gasteiger charge is -2.34. The van der Waals surface area contributed by atoms with Crippen LogP contribution in [0.4, 0.5) is 0 Å². The highest BCUT2D eigenvalue weighted by atomic mass is 32.2. The summed E-state index contributed by atoms with van der Waals surface area (Å²) in [7, 11) is 0. The van der Waals surface area contributed by atoms with Crippen molar-refractivity contribution >= 4 is 23.6 Å². The first-order valence-electron chi connectivity index (χ1n) is 12.5. The second kappa shape index (κ2) is 11.6. The molecule has 5 rings (SSSR count). The Kier molecular flexibility index (Phi) is 7.78. The van der Waals surface area contributed by atoms with Crippen molar-refractivity contribution in [2.75, 3.05) is 38.5 Å². The predicted molar refractivity (Wildman–Crippen MR) is 145 cm³/mol. The number of ether oxygens (including phenoxy) is 1. The van der Waals surface area contributed by atoms with Crippen LogP contribution in [0.15, 0.2) is 76.5 Å². The molecular weight excluding hydrogens is 502 g/mol. The lowest BCUT2D eigenvalue weighted by molar-refractivity contribution is -0.129. The molecule has 1 aliphatic heterocycles. The minimum absolute atomic E-state index is 0.00144. The zero-order chi connectivity index (χ0) is 26.5. The molecule has 1 aliphatic rings. The molecule has 196 valence electrons. The lowest BCUT2D eigenvalue weighted by Crippen LogP contribution is -2.51. The first kappa shape index (κ1) is 25.6. The van der Waals surface area contributed by atoms with Crippen LogP contribution in [-0.2, 0) is 4.79 Å². The molecule has 38 heavy (non-hydrogen) atoms. The summed E-state index contributed by atoms with van der Waals surface area (Å²) in [6.07, 6.45) is 1.49. The van der Waals surface area contributed by atoms with E-state index in [0.29, 0.717) is 49.5 Å². The highest BCUT2D eigenvalue weighted by Crippen LogP contribution is 2.29. The highest BCUT2D eigenvalue weighted by Gasteiger charge is 2.26. The summed E-state index contributed by atoms with van der Waals surface area (Å²) < 4.78 is 12.8. The van der Waals surface area contributed by atoms with Gasteiger partial charge in [-0.3, -0.25) is 14.2 Å². The summed E-state index contributed by atoms with van der Waals surface area (Å²) in [6, 6.07) is 19.2. The number of hydrogen-bond acceptors (Lipinski definition) is 7. The van der Waals surface area contributed by atoms with Crippen LogP contribution in [0.5, 0.6) is 5.75 Å². The van der Waals surface area contributed by atoms with E-state index in [1.54, 1.807) is 21.9 Å². The topological polar surface area (TPSA) is 93.7 Å². The van der Waals surface area contributed by atoms with Crippen molar-refractivity contribution in [3.63, 3.8) is 0 Å². The number of rotatable bonds is 8. The molecule has 4 aromatic rings.